The number of carbonyl (C=O) groups is 1. The van der Waals surface area contributed by atoms with Crippen LogP contribution in [0.25, 0.3) is 0 Å². The van der Waals surface area contributed by atoms with E-state index in [9.17, 15) is 9.90 Å². The van der Waals surface area contributed by atoms with E-state index in [0.29, 0.717) is 24.3 Å². The van der Waals surface area contributed by atoms with Crippen LogP contribution in [-0.2, 0) is 14.3 Å². The summed E-state index contributed by atoms with van der Waals surface area (Å²) >= 11 is 0. The molecule has 0 aliphatic carbocycles. The molecular weight excluding hydrogens is 318 g/mol. The van der Waals surface area contributed by atoms with E-state index in [-0.39, 0.29) is 31.1 Å². The topological polar surface area (TPSA) is 62.3 Å². The maximum atomic E-state index is 12.4. The van der Waals surface area contributed by atoms with Crippen molar-refractivity contribution in [3.05, 3.63) is 35.9 Å². The molecule has 1 aromatic carbocycles. The van der Waals surface area contributed by atoms with Crippen molar-refractivity contribution in [1.82, 2.24) is 4.90 Å². The SMILES string of the molecule is CN1C2CC(OC(=O)C(CO)c3ccccc3)CC1C1OC12.[Cl-]. The standard InChI is InChI=1S/C17H21NO4.ClH/c1-18-13-7-11(8-14(18)16-15(13)22-16)21-17(20)12(9-19)10-5-3-2-4-6-10;/h2-6,11-16,19H,7-9H2,1H3;1H/p-1. The number of likely N-dealkylation sites (N-methyl/N-ethyl adjacent to an activating group) is 1. The lowest BCUT2D eigenvalue weighted by Crippen LogP contribution is -3.00. The fourth-order valence-electron chi connectivity index (χ4n) is 4.04. The predicted octanol–water partition coefficient (Wildman–Crippen LogP) is -2.08. The number of benzene rings is 1. The third-order valence-corrected chi connectivity index (χ3v) is 5.33. The zero-order valence-corrected chi connectivity index (χ0v) is 13.7. The normalized spacial score (nSPS) is 35.8. The van der Waals surface area contributed by atoms with Crippen LogP contribution in [0, 0.1) is 0 Å². The second-order valence-corrected chi connectivity index (χ2v) is 6.54. The highest BCUT2D eigenvalue weighted by Crippen LogP contribution is 2.48. The van der Waals surface area contributed by atoms with E-state index < -0.39 is 5.92 Å². The van der Waals surface area contributed by atoms with Crippen molar-refractivity contribution < 1.29 is 31.8 Å². The molecule has 0 spiro atoms. The van der Waals surface area contributed by atoms with Gasteiger partial charge in [-0.2, -0.15) is 0 Å². The highest BCUT2D eigenvalue weighted by atomic mass is 35.5. The molecular formula is C17H21ClNO4-. The third-order valence-electron chi connectivity index (χ3n) is 5.33. The molecule has 0 aromatic heterocycles. The lowest BCUT2D eigenvalue weighted by atomic mass is 9.97. The molecule has 3 aliphatic heterocycles. The number of hydrogen-bond acceptors (Lipinski definition) is 5. The summed E-state index contributed by atoms with van der Waals surface area (Å²) in [6.07, 6.45) is 2.26. The fraction of sp³-hybridized carbons (Fsp3) is 0.588. The second kappa shape index (κ2) is 6.40. The molecule has 3 aliphatic rings. The van der Waals surface area contributed by atoms with Crippen molar-refractivity contribution in [3.8, 4) is 0 Å². The molecule has 3 saturated heterocycles. The van der Waals surface area contributed by atoms with Gasteiger partial charge in [0.1, 0.15) is 24.2 Å². The van der Waals surface area contributed by atoms with Gasteiger partial charge in [0, 0.05) is 24.9 Å². The van der Waals surface area contributed by atoms with Crippen LogP contribution in [0.5, 0.6) is 0 Å². The molecule has 4 rings (SSSR count). The van der Waals surface area contributed by atoms with Gasteiger partial charge in [0.25, 0.3) is 0 Å². The Morgan fingerprint density at radius 2 is 1.91 bits per heavy atom. The molecule has 6 heteroatoms. The molecule has 5 nitrogen and oxygen atoms in total. The van der Waals surface area contributed by atoms with Gasteiger partial charge < -0.3 is 27.0 Å². The summed E-state index contributed by atoms with van der Waals surface area (Å²) in [5, 5.41) is 9.56. The van der Waals surface area contributed by atoms with E-state index in [2.05, 4.69) is 11.9 Å². The van der Waals surface area contributed by atoms with Crippen molar-refractivity contribution in [2.75, 3.05) is 13.7 Å². The van der Waals surface area contributed by atoms with Gasteiger partial charge in [-0.1, -0.05) is 30.3 Å². The van der Waals surface area contributed by atoms with Crippen LogP contribution in [0.4, 0.5) is 0 Å². The number of piperidine rings is 1. The zero-order valence-electron chi connectivity index (χ0n) is 13.0. The number of esters is 1. The van der Waals surface area contributed by atoms with Gasteiger partial charge >= 0.3 is 5.97 Å². The second-order valence-electron chi connectivity index (χ2n) is 6.54. The molecule has 126 valence electrons. The van der Waals surface area contributed by atoms with E-state index in [1.165, 1.54) is 0 Å². The molecule has 2 bridgehead atoms. The van der Waals surface area contributed by atoms with Crippen molar-refractivity contribution in [2.24, 2.45) is 0 Å². The number of fused-ring (bicyclic) bond motifs is 5. The van der Waals surface area contributed by atoms with Gasteiger partial charge in [-0.15, -0.1) is 0 Å². The molecule has 5 atom stereocenters. The quantitative estimate of drug-likeness (QED) is 0.504. The third kappa shape index (κ3) is 2.87. The largest absolute Gasteiger partial charge is 1.00 e. The Labute approximate surface area is 142 Å². The smallest absolute Gasteiger partial charge is 0.316 e. The van der Waals surface area contributed by atoms with Crippen LogP contribution in [-0.4, -0.2) is 60.0 Å². The van der Waals surface area contributed by atoms with E-state index in [1.54, 1.807) is 0 Å². The van der Waals surface area contributed by atoms with Gasteiger partial charge in [-0.3, -0.25) is 9.69 Å². The molecule has 0 amide bonds. The minimum absolute atomic E-state index is 0. The zero-order chi connectivity index (χ0) is 15.3. The molecule has 23 heavy (non-hydrogen) atoms. The molecule has 3 heterocycles. The van der Waals surface area contributed by atoms with E-state index in [4.69, 9.17) is 9.47 Å². The Morgan fingerprint density at radius 3 is 2.48 bits per heavy atom. The summed E-state index contributed by atoms with van der Waals surface area (Å²) in [7, 11) is 2.13. The van der Waals surface area contributed by atoms with Gasteiger partial charge in [0.15, 0.2) is 0 Å². The molecule has 0 saturated carbocycles. The minimum atomic E-state index is -0.593. The number of nitrogens with zero attached hydrogens (tertiary/aromatic N) is 1. The summed E-state index contributed by atoms with van der Waals surface area (Å²) in [5.74, 6) is -0.915. The molecule has 1 aromatic rings. The summed E-state index contributed by atoms with van der Waals surface area (Å²) in [6, 6.07) is 10.1. The Bertz CT molecular complexity index is 551. The maximum Gasteiger partial charge on any atom is 0.316 e. The van der Waals surface area contributed by atoms with Gasteiger partial charge in [-0.05, 0) is 12.6 Å². The average Bonchev–Trinajstić information content (AvgIpc) is 3.27. The first-order valence-corrected chi connectivity index (χ1v) is 7.92. The van der Waals surface area contributed by atoms with Crippen LogP contribution in [0.3, 0.4) is 0 Å². The monoisotopic (exact) mass is 338 g/mol. The number of morpholine rings is 1. The number of hydrogen-bond donors (Lipinski definition) is 1. The van der Waals surface area contributed by atoms with E-state index >= 15 is 0 Å². The Kier molecular flexibility index (Phi) is 4.65. The van der Waals surface area contributed by atoms with E-state index in [1.807, 2.05) is 30.3 Å². The lowest BCUT2D eigenvalue weighted by molar-refractivity contribution is -0.156. The van der Waals surface area contributed by atoms with E-state index in [0.717, 1.165) is 18.4 Å². The lowest BCUT2D eigenvalue weighted by Gasteiger charge is -2.38. The average molecular weight is 339 g/mol. The van der Waals surface area contributed by atoms with Crippen molar-refractivity contribution >= 4 is 5.97 Å². The Hall–Kier alpha value is -1.14. The van der Waals surface area contributed by atoms with Crippen molar-refractivity contribution in [2.45, 2.75) is 49.2 Å². The van der Waals surface area contributed by atoms with Crippen LogP contribution >= 0.6 is 0 Å². The van der Waals surface area contributed by atoms with Crippen LogP contribution in [0.15, 0.2) is 30.3 Å². The summed E-state index contributed by atoms with van der Waals surface area (Å²) in [6.45, 7) is -0.226. The molecule has 3 fully saturated rings. The number of aliphatic hydroxyl groups excluding tert-OH is 1. The Balaban J connectivity index is 0.00000156. The van der Waals surface area contributed by atoms with Crippen LogP contribution in [0.1, 0.15) is 24.3 Å². The summed E-state index contributed by atoms with van der Waals surface area (Å²) < 4.78 is 11.4. The number of aliphatic hydroxyl groups is 1. The number of ether oxygens (including phenoxy) is 2. The highest BCUT2D eigenvalue weighted by Gasteiger charge is 2.62. The van der Waals surface area contributed by atoms with Gasteiger partial charge in [0.05, 0.1) is 6.61 Å². The highest BCUT2D eigenvalue weighted by molar-refractivity contribution is 5.78. The van der Waals surface area contributed by atoms with Crippen LogP contribution < -0.4 is 12.4 Å². The number of epoxide rings is 1. The van der Waals surface area contributed by atoms with Gasteiger partial charge in [-0.25, -0.2) is 0 Å². The first-order chi connectivity index (χ1) is 10.7. The Morgan fingerprint density at radius 1 is 1.30 bits per heavy atom. The van der Waals surface area contributed by atoms with Crippen LogP contribution in [0.2, 0.25) is 0 Å². The minimum Gasteiger partial charge on any atom is -1.00 e. The molecule has 0 radical (unpaired) electrons. The summed E-state index contributed by atoms with van der Waals surface area (Å²) in [4.78, 5) is 14.8. The predicted molar refractivity (Wildman–Crippen MR) is 79.4 cm³/mol. The number of halogens is 1. The summed E-state index contributed by atoms with van der Waals surface area (Å²) in [5.41, 5.74) is 0.803. The number of rotatable bonds is 4. The molecule has 5 unspecified atom stereocenters. The molecule has 1 N–H and O–H groups in total. The van der Waals surface area contributed by atoms with Crippen molar-refractivity contribution in [1.29, 1.82) is 0 Å². The van der Waals surface area contributed by atoms with Gasteiger partial charge in [0.2, 0.25) is 0 Å². The number of carbonyl (C=O) groups excluding carboxylic acids is 1. The van der Waals surface area contributed by atoms with Crippen molar-refractivity contribution in [3.63, 3.8) is 0 Å². The first-order valence-electron chi connectivity index (χ1n) is 7.92. The first kappa shape index (κ1) is 16.7. The fourth-order valence-corrected chi connectivity index (χ4v) is 4.04. The maximum absolute atomic E-state index is 12.4.